The van der Waals surface area contributed by atoms with E-state index in [4.69, 9.17) is 0 Å². The van der Waals surface area contributed by atoms with Gasteiger partial charge in [0.05, 0.1) is 0 Å². The third-order valence-electron chi connectivity index (χ3n) is 4.95. The molecular weight excluding hydrogens is 510 g/mol. The van der Waals surface area contributed by atoms with E-state index in [1.807, 2.05) is 30.3 Å². The number of halogens is 2. The maximum atomic E-state index is 3.79. The Kier molecular flexibility index (Phi) is 12.8. The van der Waals surface area contributed by atoms with Crippen molar-refractivity contribution < 1.29 is 49.0 Å². The molecule has 4 rings (SSSR count). The summed E-state index contributed by atoms with van der Waals surface area (Å²) in [5.74, 6) is 0. The van der Waals surface area contributed by atoms with Crippen LogP contribution in [0, 0.1) is 6.07 Å². The average molecular weight is 547 g/mol. The average Bonchev–Trinajstić information content (AvgIpc) is 3.30. The smallest absolute Gasteiger partial charge is 0.172 e. The summed E-state index contributed by atoms with van der Waals surface area (Å²) in [5.41, 5.74) is 8.69. The summed E-state index contributed by atoms with van der Waals surface area (Å²) in [6.45, 7) is 18.0. The van der Waals surface area contributed by atoms with Crippen LogP contribution in [0.5, 0.6) is 0 Å². The number of fused-ring (bicyclic) bond motifs is 3. The van der Waals surface area contributed by atoms with Gasteiger partial charge in [0.25, 0.3) is 0 Å². The Balaban J connectivity index is 0.000000739. The fraction of sp³-hybridized carbons (Fsp3) is 0.379. The molecule has 0 amide bonds. The SMILES string of the molecule is CC(C)(C)c1[c-]c2c(cc1C(C)(C)C)-c1ccccc1C2.C[C](C)=[Zr+2].[Cl-].[Cl-].c1cc[cH-]c1. The van der Waals surface area contributed by atoms with E-state index in [1.165, 1.54) is 36.6 Å². The molecule has 0 atom stereocenters. The molecule has 3 heteroatoms. The largest absolute Gasteiger partial charge is 1.00 e. The van der Waals surface area contributed by atoms with Crippen LogP contribution < -0.4 is 24.8 Å². The normalized spacial score (nSPS) is 11.3. The molecule has 1 aliphatic carbocycles. The van der Waals surface area contributed by atoms with Crippen molar-refractivity contribution in [3.63, 3.8) is 0 Å². The first-order chi connectivity index (χ1) is 13.9. The van der Waals surface area contributed by atoms with Gasteiger partial charge < -0.3 is 24.8 Å². The number of hydrogen-bond acceptors (Lipinski definition) is 0. The summed E-state index contributed by atoms with van der Waals surface area (Å²) in [6, 6.07) is 25.0. The molecule has 3 aromatic rings. The topological polar surface area (TPSA) is 0 Å². The second-order valence-corrected chi connectivity index (χ2v) is 12.7. The van der Waals surface area contributed by atoms with Crippen LogP contribution in [0.1, 0.15) is 77.6 Å². The van der Waals surface area contributed by atoms with Crippen LogP contribution in [0.4, 0.5) is 0 Å². The van der Waals surface area contributed by atoms with Crippen molar-refractivity contribution in [2.45, 2.75) is 72.6 Å². The van der Waals surface area contributed by atoms with Crippen LogP contribution in [0.2, 0.25) is 0 Å². The number of rotatable bonds is 0. The van der Waals surface area contributed by atoms with Crippen LogP contribution in [-0.2, 0) is 41.5 Å². The maximum absolute atomic E-state index is 3.79. The van der Waals surface area contributed by atoms with Gasteiger partial charge in [-0.05, 0) is 11.8 Å². The van der Waals surface area contributed by atoms with Crippen molar-refractivity contribution in [2.24, 2.45) is 0 Å². The Bertz CT molecular complexity index is 950. The summed E-state index contributed by atoms with van der Waals surface area (Å²) >= 11 is 1.55. The second-order valence-electron chi connectivity index (χ2n) is 10.2. The summed E-state index contributed by atoms with van der Waals surface area (Å²) in [6.07, 6.45) is 1.03. The van der Waals surface area contributed by atoms with E-state index in [2.05, 4.69) is 91.8 Å². The molecule has 0 saturated heterocycles. The molecule has 0 radical (unpaired) electrons. The molecule has 0 bridgehead atoms. The van der Waals surface area contributed by atoms with Crippen LogP contribution in [-0.4, -0.2) is 3.21 Å². The van der Waals surface area contributed by atoms with Gasteiger partial charge in [0.1, 0.15) is 0 Å². The fourth-order valence-electron chi connectivity index (χ4n) is 3.60. The minimum absolute atomic E-state index is 0. The Labute approximate surface area is 223 Å². The van der Waals surface area contributed by atoms with Gasteiger partial charge >= 0.3 is 41.3 Å². The van der Waals surface area contributed by atoms with Crippen molar-refractivity contribution in [1.82, 2.24) is 0 Å². The molecule has 172 valence electrons. The molecule has 0 fully saturated rings. The van der Waals surface area contributed by atoms with E-state index in [-0.39, 0.29) is 35.6 Å². The monoisotopic (exact) mass is 544 g/mol. The minimum Gasteiger partial charge on any atom is -1.00 e. The summed E-state index contributed by atoms with van der Waals surface area (Å²) in [7, 11) is 0. The molecule has 0 heterocycles. The summed E-state index contributed by atoms with van der Waals surface area (Å²) in [5, 5.41) is 0. The van der Waals surface area contributed by atoms with Crippen molar-refractivity contribution in [1.29, 1.82) is 0 Å². The molecule has 0 nitrogen and oxygen atoms in total. The quantitative estimate of drug-likeness (QED) is 0.295. The second kappa shape index (κ2) is 13.1. The van der Waals surface area contributed by atoms with Gasteiger partial charge in [-0.3, -0.25) is 0 Å². The Morgan fingerprint density at radius 1 is 0.844 bits per heavy atom. The van der Waals surface area contributed by atoms with E-state index in [9.17, 15) is 0 Å². The predicted octanol–water partition coefficient (Wildman–Crippen LogP) is 1.81. The molecule has 1 aliphatic rings. The van der Waals surface area contributed by atoms with Gasteiger partial charge in [-0.15, -0.1) is 16.7 Å². The molecule has 32 heavy (non-hydrogen) atoms. The zero-order valence-electron chi connectivity index (χ0n) is 20.7. The van der Waals surface area contributed by atoms with Gasteiger partial charge in [0, 0.05) is 0 Å². The van der Waals surface area contributed by atoms with Gasteiger partial charge in [0.2, 0.25) is 0 Å². The van der Waals surface area contributed by atoms with E-state index < -0.39 is 0 Å². The molecule has 0 N–H and O–H groups in total. The molecule has 0 aromatic heterocycles. The van der Waals surface area contributed by atoms with E-state index in [0.717, 1.165) is 6.42 Å². The first kappa shape index (κ1) is 31.1. The predicted molar refractivity (Wildman–Crippen MR) is 129 cm³/mol. The summed E-state index contributed by atoms with van der Waals surface area (Å²) in [4.78, 5) is 0. The maximum Gasteiger partial charge on any atom is -0.172 e. The standard InChI is InChI=1S/C21H25.C5H5.C3H6.2ClH.Zr/c1-20(2,3)18-12-15-11-14-9-7-8-10-16(14)17(15)13-19(18)21(4,5)6;1-2-4-5-3-1;1-3-2;;;/h7-10,13H,11H2,1-6H3;1-5H;1-2H3;2*1H;/q2*-1;;;;+2/p-2. The first-order valence-corrected chi connectivity index (χ1v) is 12.0. The third-order valence-corrected chi connectivity index (χ3v) is 4.95. The van der Waals surface area contributed by atoms with Gasteiger partial charge in [-0.25, -0.2) is 12.1 Å². The van der Waals surface area contributed by atoms with Crippen LogP contribution in [0.15, 0.2) is 60.7 Å². The number of benzene rings is 2. The molecular formula is C29H36Cl2Zr-2. The fourth-order valence-corrected chi connectivity index (χ4v) is 3.60. The molecule has 3 aromatic carbocycles. The van der Waals surface area contributed by atoms with E-state index in [0.29, 0.717) is 0 Å². The molecule has 0 spiro atoms. The number of hydrogen-bond donors (Lipinski definition) is 0. The van der Waals surface area contributed by atoms with Crippen LogP contribution in [0.25, 0.3) is 11.1 Å². The van der Waals surface area contributed by atoms with Crippen molar-refractivity contribution >= 4 is 3.21 Å². The Morgan fingerprint density at radius 3 is 1.81 bits per heavy atom. The van der Waals surface area contributed by atoms with Gasteiger partial charge in [0.15, 0.2) is 0 Å². The van der Waals surface area contributed by atoms with Crippen molar-refractivity contribution in [2.75, 3.05) is 0 Å². The zero-order valence-corrected chi connectivity index (χ0v) is 24.7. The van der Waals surface area contributed by atoms with Crippen molar-refractivity contribution in [3.05, 3.63) is 89.0 Å². The van der Waals surface area contributed by atoms with E-state index >= 15 is 0 Å². The molecule has 0 unspecified atom stereocenters. The van der Waals surface area contributed by atoms with Crippen LogP contribution in [0.3, 0.4) is 0 Å². The first-order valence-electron chi connectivity index (χ1n) is 10.8. The Morgan fingerprint density at radius 2 is 1.38 bits per heavy atom. The zero-order chi connectivity index (χ0) is 22.5. The third kappa shape index (κ3) is 8.81. The molecule has 0 aliphatic heterocycles. The molecule has 0 saturated carbocycles. The van der Waals surface area contributed by atoms with E-state index in [1.54, 1.807) is 24.2 Å². The van der Waals surface area contributed by atoms with Gasteiger partial charge in [-0.2, -0.15) is 35.9 Å². The Hall–Kier alpha value is -0.877. The van der Waals surface area contributed by atoms with Crippen molar-refractivity contribution in [3.8, 4) is 11.1 Å². The van der Waals surface area contributed by atoms with Crippen LogP contribution >= 0.6 is 0 Å². The summed E-state index contributed by atoms with van der Waals surface area (Å²) < 4.78 is 1.51. The minimum atomic E-state index is 0. The van der Waals surface area contributed by atoms with Gasteiger partial charge in [-0.1, -0.05) is 82.3 Å².